The second kappa shape index (κ2) is 6.73. The van der Waals surface area contributed by atoms with Crippen molar-refractivity contribution in [2.75, 3.05) is 5.32 Å². The maximum atomic E-state index is 12.4. The molecule has 5 nitrogen and oxygen atoms in total. The molecule has 0 spiro atoms. The van der Waals surface area contributed by atoms with Gasteiger partial charge in [0, 0.05) is 23.7 Å². The fourth-order valence-corrected chi connectivity index (χ4v) is 2.62. The molecule has 1 N–H and O–H groups in total. The molecule has 0 aliphatic carbocycles. The van der Waals surface area contributed by atoms with Crippen molar-refractivity contribution >= 4 is 18.1 Å². The Morgan fingerprint density at radius 1 is 1.12 bits per heavy atom. The molecule has 0 radical (unpaired) electrons. The van der Waals surface area contributed by atoms with Gasteiger partial charge < -0.3 is 4.57 Å². The lowest BCUT2D eigenvalue weighted by Gasteiger charge is -2.09. The van der Waals surface area contributed by atoms with E-state index in [4.69, 9.17) is 0 Å². The Hall–Kier alpha value is -3.21. The fraction of sp³-hybridized carbons (Fsp3) is 0.150. The van der Waals surface area contributed by atoms with Crippen molar-refractivity contribution in [2.24, 2.45) is 7.05 Å². The summed E-state index contributed by atoms with van der Waals surface area (Å²) in [5.74, 6) is 0.152. The van der Waals surface area contributed by atoms with Gasteiger partial charge in [0.1, 0.15) is 6.29 Å². The Labute approximate surface area is 146 Å². The Bertz CT molecular complexity index is 957. The first-order chi connectivity index (χ1) is 12.0. The van der Waals surface area contributed by atoms with Gasteiger partial charge in [0.25, 0.3) is 5.91 Å². The van der Waals surface area contributed by atoms with Crippen molar-refractivity contribution in [3.05, 3.63) is 70.9 Å². The van der Waals surface area contributed by atoms with Gasteiger partial charge in [-0.25, -0.2) is 4.98 Å². The monoisotopic (exact) mass is 333 g/mol. The molecule has 3 aromatic rings. The highest BCUT2D eigenvalue weighted by molar-refractivity contribution is 6.04. The smallest absolute Gasteiger partial charge is 0.257 e. The molecular formula is C20H19N3O2. The molecule has 1 heterocycles. The predicted molar refractivity (Wildman–Crippen MR) is 97.9 cm³/mol. The van der Waals surface area contributed by atoms with Crippen molar-refractivity contribution in [1.29, 1.82) is 0 Å². The van der Waals surface area contributed by atoms with E-state index in [2.05, 4.69) is 36.3 Å². The summed E-state index contributed by atoms with van der Waals surface area (Å²) >= 11 is 0. The number of carbonyl (C=O) groups is 2. The number of hydrogen-bond acceptors (Lipinski definition) is 3. The fourth-order valence-electron chi connectivity index (χ4n) is 2.62. The van der Waals surface area contributed by atoms with Crippen molar-refractivity contribution in [3.63, 3.8) is 0 Å². The number of imidazole rings is 1. The van der Waals surface area contributed by atoms with Gasteiger partial charge in [-0.3, -0.25) is 14.9 Å². The summed E-state index contributed by atoms with van der Waals surface area (Å²) in [5.41, 5.74) is 5.27. The number of aromatic nitrogens is 2. The number of amides is 1. The van der Waals surface area contributed by atoms with Crippen LogP contribution >= 0.6 is 0 Å². The van der Waals surface area contributed by atoms with E-state index in [1.165, 1.54) is 11.1 Å². The number of benzene rings is 2. The van der Waals surface area contributed by atoms with Crippen LogP contribution in [0.5, 0.6) is 0 Å². The van der Waals surface area contributed by atoms with Gasteiger partial charge in [-0.05, 0) is 43.2 Å². The number of carbonyl (C=O) groups excluding carboxylic acids is 2. The Morgan fingerprint density at radius 3 is 2.64 bits per heavy atom. The molecule has 0 bridgehead atoms. The highest BCUT2D eigenvalue weighted by Gasteiger charge is 2.13. The van der Waals surface area contributed by atoms with Gasteiger partial charge in [0.05, 0.1) is 11.9 Å². The maximum Gasteiger partial charge on any atom is 0.257 e. The number of nitrogens with zero attached hydrogens (tertiary/aromatic N) is 2. The van der Waals surface area contributed by atoms with Crippen molar-refractivity contribution in [1.82, 2.24) is 9.55 Å². The Balaban J connectivity index is 1.87. The lowest BCUT2D eigenvalue weighted by molar-refractivity contribution is 0.102. The van der Waals surface area contributed by atoms with Crippen LogP contribution in [0.25, 0.3) is 11.3 Å². The van der Waals surface area contributed by atoms with E-state index >= 15 is 0 Å². The highest BCUT2D eigenvalue weighted by atomic mass is 16.1. The molecular weight excluding hydrogens is 314 g/mol. The SMILES string of the molecule is Cc1ccc(-c2cnc(NC(=O)c3cccc(C=O)c3)n2C)cc1C. The first kappa shape index (κ1) is 16.6. The largest absolute Gasteiger partial charge is 0.313 e. The molecule has 0 unspecified atom stereocenters. The summed E-state index contributed by atoms with van der Waals surface area (Å²) in [6.45, 7) is 4.14. The highest BCUT2D eigenvalue weighted by Crippen LogP contribution is 2.24. The number of anilines is 1. The summed E-state index contributed by atoms with van der Waals surface area (Å²) in [4.78, 5) is 27.6. The zero-order valence-electron chi connectivity index (χ0n) is 14.4. The topological polar surface area (TPSA) is 64.0 Å². The van der Waals surface area contributed by atoms with Crippen LogP contribution < -0.4 is 5.32 Å². The van der Waals surface area contributed by atoms with E-state index in [1.807, 2.05) is 17.7 Å². The van der Waals surface area contributed by atoms with E-state index in [0.29, 0.717) is 17.1 Å². The molecule has 0 aliphatic heterocycles. The molecule has 126 valence electrons. The quantitative estimate of drug-likeness (QED) is 0.739. The van der Waals surface area contributed by atoms with Crippen LogP contribution in [0.2, 0.25) is 0 Å². The van der Waals surface area contributed by atoms with E-state index in [9.17, 15) is 9.59 Å². The minimum Gasteiger partial charge on any atom is -0.313 e. The summed E-state index contributed by atoms with van der Waals surface area (Å²) in [5, 5.41) is 2.79. The number of nitrogens with one attached hydrogen (secondary N) is 1. The van der Waals surface area contributed by atoms with Gasteiger partial charge in [-0.1, -0.05) is 24.3 Å². The third-order valence-corrected chi connectivity index (χ3v) is 4.30. The first-order valence-corrected chi connectivity index (χ1v) is 7.95. The summed E-state index contributed by atoms with van der Waals surface area (Å²) in [6.07, 6.45) is 2.46. The minimum atomic E-state index is -0.302. The summed E-state index contributed by atoms with van der Waals surface area (Å²) in [6, 6.07) is 12.8. The van der Waals surface area contributed by atoms with Gasteiger partial charge >= 0.3 is 0 Å². The van der Waals surface area contributed by atoms with Gasteiger partial charge in [-0.2, -0.15) is 0 Å². The van der Waals surface area contributed by atoms with Crippen LogP contribution in [0.3, 0.4) is 0 Å². The molecule has 0 aliphatic rings. The van der Waals surface area contributed by atoms with E-state index in [1.54, 1.807) is 30.5 Å². The Kier molecular flexibility index (Phi) is 4.48. The van der Waals surface area contributed by atoms with E-state index in [-0.39, 0.29) is 5.91 Å². The molecule has 1 amide bonds. The van der Waals surface area contributed by atoms with Crippen LogP contribution in [0, 0.1) is 13.8 Å². The van der Waals surface area contributed by atoms with E-state index in [0.717, 1.165) is 17.5 Å². The second-order valence-corrected chi connectivity index (χ2v) is 6.02. The first-order valence-electron chi connectivity index (χ1n) is 7.95. The molecule has 5 heteroatoms. The number of hydrogen-bond donors (Lipinski definition) is 1. The van der Waals surface area contributed by atoms with Gasteiger partial charge in [-0.15, -0.1) is 0 Å². The third-order valence-electron chi connectivity index (χ3n) is 4.30. The standard InChI is InChI=1S/C20H19N3O2/c1-13-7-8-16(9-14(13)2)18-11-21-20(23(18)3)22-19(25)17-6-4-5-15(10-17)12-24/h4-12H,1-3H3,(H,21,22,25). The molecule has 1 aromatic heterocycles. The average Bonchev–Trinajstić information content (AvgIpc) is 2.98. The molecule has 3 rings (SSSR count). The maximum absolute atomic E-state index is 12.4. The molecule has 0 saturated carbocycles. The normalized spacial score (nSPS) is 10.5. The third kappa shape index (κ3) is 3.35. The molecule has 0 fully saturated rings. The molecule has 0 atom stereocenters. The van der Waals surface area contributed by atoms with Crippen LogP contribution in [0.15, 0.2) is 48.7 Å². The van der Waals surface area contributed by atoms with Crippen LogP contribution in [-0.4, -0.2) is 21.7 Å². The van der Waals surface area contributed by atoms with Crippen molar-refractivity contribution < 1.29 is 9.59 Å². The molecule has 0 saturated heterocycles. The predicted octanol–water partition coefficient (Wildman–Crippen LogP) is 3.77. The summed E-state index contributed by atoms with van der Waals surface area (Å²) < 4.78 is 1.84. The lowest BCUT2D eigenvalue weighted by atomic mass is 10.0. The van der Waals surface area contributed by atoms with Crippen molar-refractivity contribution in [2.45, 2.75) is 13.8 Å². The van der Waals surface area contributed by atoms with Crippen molar-refractivity contribution in [3.8, 4) is 11.3 Å². The van der Waals surface area contributed by atoms with Crippen LogP contribution in [0.4, 0.5) is 5.95 Å². The molecule has 2 aromatic carbocycles. The van der Waals surface area contributed by atoms with Crippen LogP contribution in [-0.2, 0) is 7.05 Å². The number of aryl methyl sites for hydroxylation is 2. The minimum absolute atomic E-state index is 0.302. The summed E-state index contributed by atoms with van der Waals surface area (Å²) in [7, 11) is 1.86. The van der Waals surface area contributed by atoms with Gasteiger partial charge in [0.2, 0.25) is 5.95 Å². The molecule has 25 heavy (non-hydrogen) atoms. The van der Waals surface area contributed by atoms with Crippen LogP contribution in [0.1, 0.15) is 31.8 Å². The lowest BCUT2D eigenvalue weighted by Crippen LogP contribution is -2.15. The Morgan fingerprint density at radius 2 is 1.92 bits per heavy atom. The van der Waals surface area contributed by atoms with E-state index < -0.39 is 0 Å². The second-order valence-electron chi connectivity index (χ2n) is 6.02. The average molecular weight is 333 g/mol. The zero-order chi connectivity index (χ0) is 18.0. The zero-order valence-corrected chi connectivity index (χ0v) is 14.4. The number of aldehydes is 1. The van der Waals surface area contributed by atoms with Gasteiger partial charge in [0.15, 0.2) is 0 Å². The number of rotatable bonds is 4.